The Bertz CT molecular complexity index is 441. The molecule has 2 aliphatic rings. The number of hydrogen-bond donors (Lipinski definition) is 2. The lowest BCUT2D eigenvalue weighted by Gasteiger charge is -2.25. The summed E-state index contributed by atoms with van der Waals surface area (Å²) in [6.07, 6.45) is 2.26. The highest BCUT2D eigenvalue weighted by molar-refractivity contribution is 5.99. The molecule has 2 heterocycles. The first-order valence-electron chi connectivity index (χ1n) is 6.65. The van der Waals surface area contributed by atoms with Crippen molar-refractivity contribution in [1.29, 1.82) is 0 Å². The second kappa shape index (κ2) is 4.98. The van der Waals surface area contributed by atoms with Gasteiger partial charge in [0, 0.05) is 24.3 Å². The van der Waals surface area contributed by atoms with E-state index in [9.17, 15) is 5.11 Å². The summed E-state index contributed by atoms with van der Waals surface area (Å²) >= 11 is 0. The maximum Gasteiger partial charge on any atom is 0.128 e. The molecule has 0 bridgehead atoms. The van der Waals surface area contributed by atoms with Crippen LogP contribution >= 0.6 is 0 Å². The van der Waals surface area contributed by atoms with Crippen LogP contribution in [0, 0.1) is 0 Å². The molecule has 0 saturated carbocycles. The van der Waals surface area contributed by atoms with Crippen LogP contribution in [0.4, 0.5) is 5.69 Å². The molecule has 1 fully saturated rings. The Morgan fingerprint density at radius 1 is 1.33 bits per heavy atom. The third kappa shape index (κ3) is 2.08. The third-order valence-corrected chi connectivity index (χ3v) is 3.73. The predicted octanol–water partition coefficient (Wildman–Crippen LogP) is 0.997. The first-order valence-corrected chi connectivity index (χ1v) is 6.65. The summed E-state index contributed by atoms with van der Waals surface area (Å²) < 4.78 is 0. The summed E-state index contributed by atoms with van der Waals surface area (Å²) in [5.74, 6) is 1.00. The maximum atomic E-state index is 9.35. The van der Waals surface area contributed by atoms with Gasteiger partial charge < -0.3 is 15.3 Å². The van der Waals surface area contributed by atoms with E-state index in [2.05, 4.69) is 39.5 Å². The van der Waals surface area contributed by atoms with Gasteiger partial charge in [-0.3, -0.25) is 4.99 Å². The molecule has 1 saturated heterocycles. The van der Waals surface area contributed by atoms with Gasteiger partial charge in [-0.1, -0.05) is 0 Å². The SMILES string of the molecule is OCC1CCCN1c1ccc(C2=NCCN2)cc1. The van der Waals surface area contributed by atoms with E-state index in [4.69, 9.17) is 0 Å². The Morgan fingerprint density at radius 2 is 2.17 bits per heavy atom. The van der Waals surface area contributed by atoms with E-state index in [-0.39, 0.29) is 12.6 Å². The summed E-state index contributed by atoms with van der Waals surface area (Å²) in [4.78, 5) is 6.72. The van der Waals surface area contributed by atoms with Gasteiger partial charge in [-0.25, -0.2) is 0 Å². The molecule has 4 nitrogen and oxygen atoms in total. The molecule has 0 aromatic heterocycles. The Kier molecular flexibility index (Phi) is 3.19. The Hall–Kier alpha value is -1.55. The van der Waals surface area contributed by atoms with E-state index in [0.717, 1.165) is 37.5 Å². The first-order chi connectivity index (χ1) is 8.88. The van der Waals surface area contributed by atoms with E-state index in [1.807, 2.05) is 0 Å². The molecule has 2 aliphatic heterocycles. The maximum absolute atomic E-state index is 9.35. The summed E-state index contributed by atoms with van der Waals surface area (Å²) in [6, 6.07) is 8.77. The number of amidine groups is 1. The van der Waals surface area contributed by atoms with E-state index >= 15 is 0 Å². The molecule has 2 N–H and O–H groups in total. The number of nitrogens with one attached hydrogen (secondary N) is 1. The van der Waals surface area contributed by atoms with Crippen LogP contribution in [-0.4, -0.2) is 43.2 Å². The van der Waals surface area contributed by atoms with E-state index in [0.29, 0.717) is 0 Å². The van der Waals surface area contributed by atoms with Crippen LogP contribution in [0.2, 0.25) is 0 Å². The lowest BCUT2D eigenvalue weighted by atomic mass is 10.1. The zero-order chi connectivity index (χ0) is 12.4. The molecule has 0 radical (unpaired) electrons. The number of benzene rings is 1. The highest BCUT2D eigenvalue weighted by Crippen LogP contribution is 2.25. The molecular formula is C14H19N3O. The van der Waals surface area contributed by atoms with Gasteiger partial charge in [-0.05, 0) is 37.1 Å². The molecule has 1 aromatic carbocycles. The van der Waals surface area contributed by atoms with Crippen molar-refractivity contribution in [3.8, 4) is 0 Å². The average Bonchev–Trinajstić information content (AvgIpc) is 3.10. The lowest BCUT2D eigenvalue weighted by Crippen LogP contribution is -2.32. The monoisotopic (exact) mass is 245 g/mol. The molecular weight excluding hydrogens is 226 g/mol. The van der Waals surface area contributed by atoms with Gasteiger partial charge in [0.2, 0.25) is 0 Å². The van der Waals surface area contributed by atoms with Crippen molar-refractivity contribution in [3.63, 3.8) is 0 Å². The topological polar surface area (TPSA) is 47.9 Å². The van der Waals surface area contributed by atoms with Gasteiger partial charge in [0.25, 0.3) is 0 Å². The molecule has 1 unspecified atom stereocenters. The molecule has 3 rings (SSSR count). The fourth-order valence-electron chi connectivity index (χ4n) is 2.77. The van der Waals surface area contributed by atoms with Gasteiger partial charge in [-0.15, -0.1) is 0 Å². The molecule has 0 amide bonds. The molecule has 1 aromatic rings. The number of anilines is 1. The van der Waals surface area contributed by atoms with Crippen molar-refractivity contribution >= 4 is 11.5 Å². The molecule has 18 heavy (non-hydrogen) atoms. The minimum Gasteiger partial charge on any atom is -0.394 e. The van der Waals surface area contributed by atoms with Crippen molar-refractivity contribution in [2.45, 2.75) is 18.9 Å². The zero-order valence-electron chi connectivity index (χ0n) is 10.5. The first kappa shape index (κ1) is 11.5. The number of rotatable bonds is 3. The Morgan fingerprint density at radius 3 is 2.83 bits per heavy atom. The van der Waals surface area contributed by atoms with Gasteiger partial charge in [0.1, 0.15) is 5.84 Å². The third-order valence-electron chi connectivity index (χ3n) is 3.73. The van der Waals surface area contributed by atoms with Crippen LogP contribution in [0.1, 0.15) is 18.4 Å². The van der Waals surface area contributed by atoms with Crippen molar-refractivity contribution in [2.75, 3.05) is 31.1 Å². The highest BCUT2D eigenvalue weighted by Gasteiger charge is 2.23. The number of nitrogens with zero attached hydrogens (tertiary/aromatic N) is 2. The van der Waals surface area contributed by atoms with Crippen LogP contribution in [0.5, 0.6) is 0 Å². The largest absolute Gasteiger partial charge is 0.394 e. The van der Waals surface area contributed by atoms with Gasteiger partial charge in [-0.2, -0.15) is 0 Å². The van der Waals surface area contributed by atoms with Crippen molar-refractivity contribution in [1.82, 2.24) is 5.32 Å². The smallest absolute Gasteiger partial charge is 0.128 e. The Balaban J connectivity index is 1.78. The predicted molar refractivity (Wildman–Crippen MR) is 73.3 cm³/mol. The minimum absolute atomic E-state index is 0.246. The van der Waals surface area contributed by atoms with Crippen molar-refractivity contribution in [3.05, 3.63) is 29.8 Å². The van der Waals surface area contributed by atoms with Gasteiger partial charge in [0.05, 0.1) is 19.2 Å². The summed E-state index contributed by atoms with van der Waals surface area (Å²) in [6.45, 7) is 3.10. The number of aliphatic hydroxyl groups excluding tert-OH is 1. The van der Waals surface area contributed by atoms with Crippen molar-refractivity contribution < 1.29 is 5.11 Å². The van der Waals surface area contributed by atoms with Crippen LogP contribution < -0.4 is 10.2 Å². The average molecular weight is 245 g/mol. The van der Waals surface area contributed by atoms with Gasteiger partial charge >= 0.3 is 0 Å². The molecule has 96 valence electrons. The second-order valence-corrected chi connectivity index (χ2v) is 4.88. The fourth-order valence-corrected chi connectivity index (χ4v) is 2.77. The standard InChI is InChI=1S/C14H19N3O/c18-10-13-2-1-9-17(13)12-5-3-11(4-6-12)14-15-7-8-16-14/h3-6,13,18H,1-2,7-10H2,(H,15,16). The Labute approximate surface area is 107 Å². The van der Waals surface area contributed by atoms with Gasteiger partial charge in [0.15, 0.2) is 0 Å². The fraction of sp³-hybridized carbons (Fsp3) is 0.500. The second-order valence-electron chi connectivity index (χ2n) is 4.88. The normalized spacial score (nSPS) is 23.1. The number of hydrogen-bond acceptors (Lipinski definition) is 4. The number of aliphatic hydroxyl groups is 1. The molecule has 0 spiro atoms. The minimum atomic E-state index is 0.246. The van der Waals surface area contributed by atoms with Crippen molar-refractivity contribution in [2.24, 2.45) is 4.99 Å². The van der Waals surface area contributed by atoms with Crippen LogP contribution in [0.15, 0.2) is 29.3 Å². The molecule has 4 heteroatoms. The van der Waals surface area contributed by atoms with E-state index in [1.165, 1.54) is 12.1 Å². The van der Waals surface area contributed by atoms with Crippen LogP contribution in [0.25, 0.3) is 0 Å². The molecule has 0 aliphatic carbocycles. The zero-order valence-corrected chi connectivity index (χ0v) is 10.5. The summed E-state index contributed by atoms with van der Waals surface area (Å²) in [5, 5.41) is 12.6. The van der Waals surface area contributed by atoms with E-state index < -0.39 is 0 Å². The van der Waals surface area contributed by atoms with E-state index in [1.54, 1.807) is 0 Å². The van der Waals surface area contributed by atoms with Crippen LogP contribution in [-0.2, 0) is 0 Å². The number of aliphatic imine (C=N–C) groups is 1. The molecule has 1 atom stereocenters. The van der Waals surface area contributed by atoms with Crippen LogP contribution in [0.3, 0.4) is 0 Å². The summed E-state index contributed by atoms with van der Waals surface area (Å²) in [7, 11) is 0. The highest BCUT2D eigenvalue weighted by atomic mass is 16.3. The quantitative estimate of drug-likeness (QED) is 0.835. The summed E-state index contributed by atoms with van der Waals surface area (Å²) in [5.41, 5.74) is 2.35. The lowest BCUT2D eigenvalue weighted by molar-refractivity contribution is 0.266.